The quantitative estimate of drug-likeness (QED) is 0.261. The Balaban J connectivity index is 1.39. The third-order valence-corrected chi connectivity index (χ3v) is 8.30. The minimum absolute atomic E-state index is 0.107. The molecular weight excluding hydrogens is 512 g/mol. The number of amides is 3. The van der Waals surface area contributed by atoms with Crippen molar-refractivity contribution < 1.29 is 19.1 Å². The van der Waals surface area contributed by atoms with E-state index in [0.717, 1.165) is 46.6 Å². The molecule has 6 rings (SSSR count). The van der Waals surface area contributed by atoms with Crippen molar-refractivity contribution >= 4 is 17.7 Å². The van der Waals surface area contributed by atoms with E-state index in [4.69, 9.17) is 4.74 Å². The van der Waals surface area contributed by atoms with Gasteiger partial charge in [-0.05, 0) is 65.6 Å². The van der Waals surface area contributed by atoms with Gasteiger partial charge in [0.2, 0.25) is 5.91 Å². The maximum atomic E-state index is 14.3. The van der Waals surface area contributed by atoms with Crippen molar-refractivity contribution in [3.63, 3.8) is 0 Å². The van der Waals surface area contributed by atoms with E-state index >= 15 is 0 Å². The summed E-state index contributed by atoms with van der Waals surface area (Å²) in [4.78, 5) is 43.7. The summed E-state index contributed by atoms with van der Waals surface area (Å²) < 4.78 is 5.68. The molecule has 0 saturated heterocycles. The Hall–Kier alpha value is -4.71. The lowest BCUT2D eigenvalue weighted by Crippen LogP contribution is -2.46. The molecule has 0 bridgehead atoms. The molecule has 4 aromatic rings. The number of ether oxygens (including phenoxy) is 1. The molecule has 3 amide bonds. The molecule has 1 heterocycles. The highest BCUT2D eigenvalue weighted by Gasteiger charge is 2.41. The molecule has 2 atom stereocenters. The van der Waals surface area contributed by atoms with Crippen LogP contribution in [0.5, 0.6) is 5.75 Å². The minimum Gasteiger partial charge on any atom is -0.496 e. The monoisotopic (exact) mass is 544 g/mol. The Morgan fingerprint density at radius 1 is 0.829 bits per heavy atom. The molecule has 2 aliphatic rings. The van der Waals surface area contributed by atoms with E-state index in [9.17, 15) is 14.4 Å². The number of hydrogen-bond donors (Lipinski definition) is 0. The van der Waals surface area contributed by atoms with Gasteiger partial charge in [-0.2, -0.15) is 0 Å². The van der Waals surface area contributed by atoms with Crippen LogP contribution in [-0.2, 0) is 24.2 Å². The number of carbonyl (C=O) groups is 3. The second kappa shape index (κ2) is 11.4. The van der Waals surface area contributed by atoms with Crippen LogP contribution in [0.25, 0.3) is 0 Å². The van der Waals surface area contributed by atoms with Crippen LogP contribution in [0.2, 0.25) is 0 Å². The third-order valence-electron chi connectivity index (χ3n) is 8.30. The number of fused-ring (bicyclic) bond motifs is 2. The lowest BCUT2D eigenvalue weighted by atomic mass is 9.76. The molecule has 6 nitrogen and oxygen atoms in total. The summed E-state index contributed by atoms with van der Waals surface area (Å²) in [6.45, 7) is 0.0590. The third kappa shape index (κ3) is 5.13. The highest BCUT2D eigenvalue weighted by molar-refractivity contribution is 6.22. The molecule has 6 heteroatoms. The number of carbonyl (C=O) groups excluding carboxylic acids is 3. The zero-order valence-corrected chi connectivity index (χ0v) is 23.0. The number of imide groups is 1. The first-order chi connectivity index (χ1) is 20.0. The van der Waals surface area contributed by atoms with E-state index in [1.807, 2.05) is 65.6 Å². The molecule has 1 aliphatic carbocycles. The van der Waals surface area contributed by atoms with Crippen molar-refractivity contribution in [2.24, 2.45) is 5.92 Å². The Morgan fingerprint density at radius 2 is 1.46 bits per heavy atom. The molecule has 0 spiro atoms. The Kier molecular flexibility index (Phi) is 7.38. The Labute approximate surface area is 240 Å². The molecule has 0 radical (unpaired) electrons. The molecule has 0 unspecified atom stereocenters. The van der Waals surface area contributed by atoms with Crippen molar-refractivity contribution in [2.75, 3.05) is 13.7 Å². The number of aryl methyl sites for hydroxylation is 1. The van der Waals surface area contributed by atoms with Crippen molar-refractivity contribution in [3.8, 4) is 5.75 Å². The predicted octanol–water partition coefficient (Wildman–Crippen LogP) is 5.87. The normalized spacial score (nSPS) is 17.6. The van der Waals surface area contributed by atoms with Gasteiger partial charge in [0.1, 0.15) is 12.3 Å². The summed E-state index contributed by atoms with van der Waals surface area (Å²) >= 11 is 0. The van der Waals surface area contributed by atoms with Crippen LogP contribution in [0.3, 0.4) is 0 Å². The molecule has 0 aromatic heterocycles. The summed E-state index contributed by atoms with van der Waals surface area (Å²) in [5, 5.41) is 0. The number of methoxy groups -OCH3 is 1. The number of para-hydroxylation sites is 1. The van der Waals surface area contributed by atoms with E-state index in [-0.39, 0.29) is 24.4 Å². The van der Waals surface area contributed by atoms with Crippen molar-refractivity contribution in [2.45, 2.75) is 31.8 Å². The number of hydrogen-bond acceptors (Lipinski definition) is 4. The molecular formula is C35H32N2O4. The zero-order chi connectivity index (χ0) is 28.3. The van der Waals surface area contributed by atoms with Crippen LogP contribution >= 0.6 is 0 Å². The van der Waals surface area contributed by atoms with Gasteiger partial charge in [-0.25, -0.2) is 0 Å². The lowest BCUT2D eigenvalue weighted by molar-refractivity contribution is -0.136. The fourth-order valence-electron chi connectivity index (χ4n) is 6.32. The maximum Gasteiger partial charge on any atom is 0.262 e. The summed E-state index contributed by atoms with van der Waals surface area (Å²) in [6.07, 6.45) is 2.54. The number of rotatable bonds is 8. The summed E-state index contributed by atoms with van der Waals surface area (Å²) in [7, 11) is 1.68. The van der Waals surface area contributed by atoms with Gasteiger partial charge >= 0.3 is 0 Å². The SMILES string of the molecule is COc1ccccc1C[C@@H]1CCc2ccccc2[C@H]1N(Cc1ccccc1)C(=O)CN1C(=O)c2ccccc2C1=O. The maximum absolute atomic E-state index is 14.3. The molecule has 0 fully saturated rings. The largest absolute Gasteiger partial charge is 0.496 e. The first-order valence-corrected chi connectivity index (χ1v) is 14.0. The standard InChI is InChI=1S/C35H32N2O4/c1-41-31-18-10-6-14-26(31)21-27-20-19-25-13-5-7-15-28(25)33(27)36(22-24-11-3-2-4-12-24)32(38)23-37-34(39)29-16-8-9-17-30(29)35(37)40/h2-18,27,33H,19-23H2,1H3/t27-,33-/m0/s1. The second-order valence-electron chi connectivity index (χ2n) is 10.7. The first-order valence-electron chi connectivity index (χ1n) is 14.0. The van der Waals surface area contributed by atoms with E-state index in [1.165, 1.54) is 5.56 Å². The Bertz CT molecular complexity index is 1560. The summed E-state index contributed by atoms with van der Waals surface area (Å²) in [5.41, 5.74) is 5.11. The summed E-state index contributed by atoms with van der Waals surface area (Å²) in [6, 6.07) is 32.7. The fraction of sp³-hybridized carbons (Fsp3) is 0.229. The topological polar surface area (TPSA) is 66.9 Å². The van der Waals surface area contributed by atoms with Crippen LogP contribution in [0, 0.1) is 5.92 Å². The lowest BCUT2D eigenvalue weighted by Gasteiger charge is -2.42. The minimum atomic E-state index is -0.423. The van der Waals surface area contributed by atoms with Crippen molar-refractivity contribution in [3.05, 3.63) is 137 Å². The van der Waals surface area contributed by atoms with Crippen LogP contribution in [0.15, 0.2) is 103 Å². The number of nitrogens with zero attached hydrogens (tertiary/aromatic N) is 2. The van der Waals surface area contributed by atoms with Crippen molar-refractivity contribution in [1.29, 1.82) is 0 Å². The van der Waals surface area contributed by atoms with E-state index in [1.54, 1.807) is 31.4 Å². The highest BCUT2D eigenvalue weighted by atomic mass is 16.5. The van der Waals surface area contributed by atoms with Crippen molar-refractivity contribution in [1.82, 2.24) is 9.80 Å². The fourth-order valence-corrected chi connectivity index (χ4v) is 6.32. The number of benzene rings is 4. The van der Waals surface area contributed by atoms with Gasteiger partial charge < -0.3 is 9.64 Å². The molecule has 0 N–H and O–H groups in total. The van der Waals surface area contributed by atoms with E-state index in [2.05, 4.69) is 18.2 Å². The molecule has 0 saturated carbocycles. The van der Waals surface area contributed by atoms with Gasteiger partial charge in [-0.1, -0.05) is 84.9 Å². The van der Waals surface area contributed by atoms with Gasteiger partial charge in [0, 0.05) is 6.54 Å². The smallest absolute Gasteiger partial charge is 0.262 e. The van der Waals surface area contributed by atoms with Crippen LogP contribution in [-0.4, -0.2) is 41.2 Å². The first kappa shape index (κ1) is 26.5. The molecule has 41 heavy (non-hydrogen) atoms. The van der Waals surface area contributed by atoms with Crippen LogP contribution in [0.4, 0.5) is 0 Å². The van der Waals surface area contributed by atoms with Gasteiger partial charge in [0.15, 0.2) is 0 Å². The van der Waals surface area contributed by atoms with Gasteiger partial charge in [-0.3, -0.25) is 19.3 Å². The van der Waals surface area contributed by atoms with Gasteiger partial charge in [-0.15, -0.1) is 0 Å². The average Bonchev–Trinajstić information content (AvgIpc) is 3.25. The molecule has 4 aromatic carbocycles. The molecule has 1 aliphatic heterocycles. The second-order valence-corrected chi connectivity index (χ2v) is 10.7. The van der Waals surface area contributed by atoms with E-state index in [0.29, 0.717) is 17.7 Å². The molecule has 206 valence electrons. The highest BCUT2D eigenvalue weighted by Crippen LogP contribution is 2.42. The van der Waals surface area contributed by atoms with Gasteiger partial charge in [0.25, 0.3) is 11.8 Å². The van der Waals surface area contributed by atoms with Crippen LogP contribution in [0.1, 0.15) is 55.4 Å². The predicted molar refractivity (Wildman–Crippen MR) is 156 cm³/mol. The van der Waals surface area contributed by atoms with Crippen LogP contribution < -0.4 is 4.74 Å². The zero-order valence-electron chi connectivity index (χ0n) is 23.0. The Morgan fingerprint density at radius 3 is 2.20 bits per heavy atom. The average molecular weight is 545 g/mol. The van der Waals surface area contributed by atoms with Gasteiger partial charge in [0.05, 0.1) is 24.3 Å². The van der Waals surface area contributed by atoms with E-state index < -0.39 is 11.8 Å². The summed E-state index contributed by atoms with van der Waals surface area (Å²) in [5.74, 6) is -0.162.